The molecule has 0 bridgehead atoms. The van der Waals surface area contributed by atoms with Crippen molar-refractivity contribution in [2.75, 3.05) is 0 Å². The van der Waals surface area contributed by atoms with Gasteiger partial charge < -0.3 is 0 Å². The summed E-state index contributed by atoms with van der Waals surface area (Å²) in [5, 5.41) is 0. The summed E-state index contributed by atoms with van der Waals surface area (Å²) >= 11 is 0. The van der Waals surface area contributed by atoms with Crippen LogP contribution in [0.2, 0.25) is 0 Å². The van der Waals surface area contributed by atoms with Gasteiger partial charge in [-0.05, 0) is 85.0 Å². The van der Waals surface area contributed by atoms with E-state index in [1.54, 1.807) is 11.1 Å². The topological polar surface area (TPSA) is 0 Å². The van der Waals surface area contributed by atoms with Crippen LogP contribution in [0, 0.1) is 27.7 Å². The predicted molar refractivity (Wildman–Crippen MR) is 148 cm³/mol. The van der Waals surface area contributed by atoms with Crippen LogP contribution in [-0.4, -0.2) is 0 Å². The summed E-state index contributed by atoms with van der Waals surface area (Å²) in [5.74, 6) is 0. The third-order valence-electron chi connectivity index (χ3n) is 8.50. The van der Waals surface area contributed by atoms with Gasteiger partial charge in [-0.2, -0.15) is 0 Å². The Morgan fingerprint density at radius 2 is 0.788 bits per heavy atom. The van der Waals surface area contributed by atoms with E-state index in [9.17, 15) is 0 Å². The molecule has 0 aliphatic heterocycles. The van der Waals surface area contributed by atoms with Gasteiger partial charge in [0, 0.05) is 5.41 Å². The fourth-order valence-electron chi connectivity index (χ4n) is 6.09. The van der Waals surface area contributed by atoms with E-state index in [0.717, 1.165) is 0 Å². The molecule has 3 rings (SSSR count). The summed E-state index contributed by atoms with van der Waals surface area (Å²) in [6.45, 7) is 13.8. The molecule has 0 saturated carbocycles. The molecule has 182 valence electrons. The quantitative estimate of drug-likeness (QED) is 0.253. The van der Waals surface area contributed by atoms with Gasteiger partial charge >= 0.3 is 0 Å². The van der Waals surface area contributed by atoms with Gasteiger partial charge in [0.2, 0.25) is 0 Å². The first-order valence-corrected chi connectivity index (χ1v) is 14.2. The van der Waals surface area contributed by atoms with E-state index in [2.05, 4.69) is 65.8 Å². The average molecular weight is 447 g/mol. The van der Waals surface area contributed by atoms with Gasteiger partial charge in [-0.25, -0.2) is 0 Å². The van der Waals surface area contributed by atoms with Crippen LogP contribution in [0.1, 0.15) is 137 Å². The van der Waals surface area contributed by atoms with Crippen LogP contribution in [0.15, 0.2) is 24.3 Å². The second kappa shape index (κ2) is 12.2. The lowest BCUT2D eigenvalue weighted by Crippen LogP contribution is -2.26. The Kier molecular flexibility index (Phi) is 9.66. The zero-order chi connectivity index (χ0) is 23.8. The van der Waals surface area contributed by atoms with Gasteiger partial charge in [-0.3, -0.25) is 0 Å². The normalized spacial score (nSPS) is 13.9. The molecular formula is C33H50. The van der Waals surface area contributed by atoms with Crippen LogP contribution >= 0.6 is 0 Å². The largest absolute Gasteiger partial charge is 0.0654 e. The maximum atomic E-state index is 2.57. The number of aryl methyl sites for hydroxylation is 4. The van der Waals surface area contributed by atoms with Crippen molar-refractivity contribution in [2.24, 2.45) is 0 Å². The van der Waals surface area contributed by atoms with Crippen molar-refractivity contribution in [3.63, 3.8) is 0 Å². The monoisotopic (exact) mass is 446 g/mol. The van der Waals surface area contributed by atoms with Crippen molar-refractivity contribution in [3.8, 4) is 11.1 Å². The van der Waals surface area contributed by atoms with Gasteiger partial charge in [0.05, 0.1) is 0 Å². The highest BCUT2D eigenvalue weighted by molar-refractivity contribution is 5.83. The number of rotatable bonds is 14. The highest BCUT2D eigenvalue weighted by Crippen LogP contribution is 2.55. The Morgan fingerprint density at radius 3 is 1.18 bits per heavy atom. The minimum Gasteiger partial charge on any atom is -0.0654 e. The predicted octanol–water partition coefficient (Wildman–Crippen LogP) is 10.7. The van der Waals surface area contributed by atoms with Gasteiger partial charge in [-0.1, -0.05) is 115 Å². The zero-order valence-electron chi connectivity index (χ0n) is 22.7. The average Bonchev–Trinajstić information content (AvgIpc) is 3.02. The second-order valence-corrected chi connectivity index (χ2v) is 11.1. The first kappa shape index (κ1) is 26.1. The molecule has 1 aliphatic carbocycles. The first-order chi connectivity index (χ1) is 15.9. The first-order valence-electron chi connectivity index (χ1n) is 14.2. The number of hydrogen-bond acceptors (Lipinski definition) is 0. The molecule has 0 radical (unpaired) electrons. The maximum Gasteiger partial charge on any atom is 0.0215 e. The second-order valence-electron chi connectivity index (χ2n) is 11.1. The van der Waals surface area contributed by atoms with Gasteiger partial charge in [-0.15, -0.1) is 0 Å². The van der Waals surface area contributed by atoms with Crippen LogP contribution in [0.25, 0.3) is 11.1 Å². The fraction of sp³-hybridized carbons (Fsp3) is 0.636. The molecule has 0 N–H and O–H groups in total. The van der Waals surface area contributed by atoms with Crippen molar-refractivity contribution < 1.29 is 0 Å². The Labute approximate surface area is 205 Å². The van der Waals surface area contributed by atoms with E-state index in [1.165, 1.54) is 123 Å². The summed E-state index contributed by atoms with van der Waals surface area (Å²) in [4.78, 5) is 0. The van der Waals surface area contributed by atoms with Gasteiger partial charge in [0.15, 0.2) is 0 Å². The fourth-order valence-corrected chi connectivity index (χ4v) is 6.09. The molecule has 2 aromatic rings. The minimum atomic E-state index is 0.219. The lowest BCUT2D eigenvalue weighted by atomic mass is 9.70. The lowest BCUT2D eigenvalue weighted by Gasteiger charge is -2.33. The molecule has 0 unspecified atom stereocenters. The Bertz CT molecular complexity index is 825. The molecule has 0 fully saturated rings. The molecule has 0 amide bonds. The summed E-state index contributed by atoms with van der Waals surface area (Å²) in [7, 11) is 0. The molecule has 0 heteroatoms. The Morgan fingerprint density at radius 1 is 0.455 bits per heavy atom. The number of unbranched alkanes of at least 4 members (excludes halogenated alkanes) is 10. The number of benzene rings is 2. The summed E-state index contributed by atoms with van der Waals surface area (Å²) in [6.07, 6.45) is 19.2. The smallest absolute Gasteiger partial charge is 0.0215 e. The Hall–Kier alpha value is -1.56. The highest BCUT2D eigenvalue weighted by atomic mass is 14.5. The SMILES string of the molecule is CCCCCCCCC1(CCCCCCCC)c2cc(C)c(C)cc2-c2cc(C)c(C)cc21. The minimum absolute atomic E-state index is 0.219. The number of hydrogen-bond donors (Lipinski definition) is 0. The molecule has 0 saturated heterocycles. The molecule has 33 heavy (non-hydrogen) atoms. The third-order valence-corrected chi connectivity index (χ3v) is 8.50. The number of fused-ring (bicyclic) bond motifs is 3. The van der Waals surface area contributed by atoms with Crippen LogP contribution in [0.3, 0.4) is 0 Å². The molecule has 1 aliphatic rings. The highest BCUT2D eigenvalue weighted by Gasteiger charge is 2.42. The van der Waals surface area contributed by atoms with Gasteiger partial charge in [0.1, 0.15) is 0 Å². The molecule has 2 aromatic carbocycles. The van der Waals surface area contributed by atoms with Crippen LogP contribution < -0.4 is 0 Å². The van der Waals surface area contributed by atoms with Crippen molar-refractivity contribution in [1.82, 2.24) is 0 Å². The lowest BCUT2D eigenvalue weighted by molar-refractivity contribution is 0.397. The van der Waals surface area contributed by atoms with E-state index < -0.39 is 0 Å². The summed E-state index contributed by atoms with van der Waals surface area (Å²) in [6, 6.07) is 10.2. The summed E-state index contributed by atoms with van der Waals surface area (Å²) < 4.78 is 0. The molecule has 0 spiro atoms. The van der Waals surface area contributed by atoms with Crippen molar-refractivity contribution in [3.05, 3.63) is 57.6 Å². The van der Waals surface area contributed by atoms with E-state index in [1.807, 2.05) is 0 Å². The molecule has 0 heterocycles. The van der Waals surface area contributed by atoms with Crippen molar-refractivity contribution in [1.29, 1.82) is 0 Å². The van der Waals surface area contributed by atoms with Crippen molar-refractivity contribution >= 4 is 0 Å². The molecular weight excluding hydrogens is 396 g/mol. The van der Waals surface area contributed by atoms with Crippen LogP contribution in [0.4, 0.5) is 0 Å². The van der Waals surface area contributed by atoms with E-state index in [-0.39, 0.29) is 5.41 Å². The van der Waals surface area contributed by atoms with E-state index >= 15 is 0 Å². The van der Waals surface area contributed by atoms with E-state index in [4.69, 9.17) is 0 Å². The standard InChI is InChI=1S/C33H50/c1-7-9-11-13-15-17-19-33(20-18-16-14-12-10-8-2)31-23-27(5)25(3)21-29(31)30-22-26(4)28(6)24-32(30)33/h21-24H,7-20H2,1-6H3. The molecule has 0 aromatic heterocycles. The van der Waals surface area contributed by atoms with E-state index in [0.29, 0.717) is 0 Å². The Balaban J connectivity index is 1.94. The zero-order valence-corrected chi connectivity index (χ0v) is 22.7. The summed E-state index contributed by atoms with van der Waals surface area (Å²) in [5.41, 5.74) is 12.4. The molecule has 0 atom stereocenters. The third kappa shape index (κ3) is 5.93. The molecule has 0 nitrogen and oxygen atoms in total. The van der Waals surface area contributed by atoms with Crippen LogP contribution in [-0.2, 0) is 5.41 Å². The van der Waals surface area contributed by atoms with Crippen LogP contribution in [0.5, 0.6) is 0 Å². The van der Waals surface area contributed by atoms with Crippen molar-refractivity contribution in [2.45, 2.75) is 137 Å². The maximum absolute atomic E-state index is 2.57. The van der Waals surface area contributed by atoms with Gasteiger partial charge in [0.25, 0.3) is 0 Å².